The molecule has 0 aromatic carbocycles. The van der Waals surface area contributed by atoms with Crippen molar-refractivity contribution in [3.05, 3.63) is 0 Å². The summed E-state index contributed by atoms with van der Waals surface area (Å²) in [6.07, 6.45) is 5.81. The van der Waals surface area contributed by atoms with Crippen LogP contribution < -0.4 is 5.32 Å². The Hall–Kier alpha value is -0.120. The molecule has 3 nitrogen and oxygen atoms in total. The van der Waals surface area contributed by atoms with Gasteiger partial charge in [-0.25, -0.2) is 0 Å². The van der Waals surface area contributed by atoms with Crippen molar-refractivity contribution in [2.75, 3.05) is 20.2 Å². The maximum Gasteiger partial charge on any atom is 0.0613 e. The lowest BCUT2D eigenvalue weighted by Gasteiger charge is -2.45. The van der Waals surface area contributed by atoms with E-state index < -0.39 is 0 Å². The highest BCUT2D eigenvalue weighted by atomic mass is 16.3. The number of aliphatic hydroxyl groups excluding tert-OH is 1. The molecular weight excluding hydrogens is 236 g/mol. The number of aliphatic hydroxyl groups is 1. The number of rotatable bonds is 7. The highest BCUT2D eigenvalue weighted by Crippen LogP contribution is 2.32. The van der Waals surface area contributed by atoms with E-state index >= 15 is 0 Å². The van der Waals surface area contributed by atoms with E-state index in [2.05, 4.69) is 45.0 Å². The van der Waals surface area contributed by atoms with Gasteiger partial charge in [-0.15, -0.1) is 0 Å². The summed E-state index contributed by atoms with van der Waals surface area (Å²) in [5.41, 5.74) is -0.0378. The van der Waals surface area contributed by atoms with Crippen LogP contribution in [0.5, 0.6) is 0 Å². The Kier molecular flexibility index (Phi) is 6.78. The van der Waals surface area contributed by atoms with Crippen molar-refractivity contribution < 1.29 is 5.11 Å². The van der Waals surface area contributed by atoms with E-state index in [1.807, 2.05) is 0 Å². The number of hydrogen-bond donors (Lipinski definition) is 2. The molecular formula is C16H34N2O. The first-order valence-electron chi connectivity index (χ1n) is 8.03. The van der Waals surface area contributed by atoms with Crippen LogP contribution in [0, 0.1) is 5.92 Å². The molecule has 3 atom stereocenters. The predicted octanol–water partition coefficient (Wildman–Crippen LogP) is 2.64. The van der Waals surface area contributed by atoms with Gasteiger partial charge in [-0.3, -0.25) is 0 Å². The summed E-state index contributed by atoms with van der Waals surface area (Å²) >= 11 is 0. The van der Waals surface area contributed by atoms with Crippen LogP contribution in [0.1, 0.15) is 59.8 Å². The average Bonchev–Trinajstić information content (AvgIpc) is 2.43. The van der Waals surface area contributed by atoms with Gasteiger partial charge in [0.1, 0.15) is 0 Å². The minimum Gasteiger partial charge on any atom is -0.394 e. The first kappa shape index (κ1) is 16.9. The number of nitrogens with zero attached hydrogens (tertiary/aromatic N) is 1. The Labute approximate surface area is 119 Å². The molecule has 2 N–H and O–H groups in total. The van der Waals surface area contributed by atoms with Crippen LogP contribution in [0.25, 0.3) is 0 Å². The Morgan fingerprint density at radius 3 is 2.58 bits per heavy atom. The lowest BCUT2D eigenvalue weighted by molar-refractivity contribution is 0.0466. The fraction of sp³-hybridized carbons (Fsp3) is 1.00. The Balaban J connectivity index is 2.66. The van der Waals surface area contributed by atoms with Gasteiger partial charge < -0.3 is 15.3 Å². The third-order valence-corrected chi connectivity index (χ3v) is 5.05. The minimum absolute atomic E-state index is 0.0378. The molecule has 0 radical (unpaired) electrons. The molecule has 1 rings (SSSR count). The lowest BCUT2D eigenvalue weighted by Crippen LogP contribution is -2.56. The highest BCUT2D eigenvalue weighted by Gasteiger charge is 2.37. The van der Waals surface area contributed by atoms with Crippen molar-refractivity contribution in [3.8, 4) is 0 Å². The van der Waals surface area contributed by atoms with Crippen LogP contribution >= 0.6 is 0 Å². The summed E-state index contributed by atoms with van der Waals surface area (Å²) < 4.78 is 0. The SMILES string of the molecule is CCCNC1(CO)CCCC(N(C)C(C)C(C)C)C1. The predicted molar refractivity (Wildman–Crippen MR) is 82.4 cm³/mol. The zero-order valence-corrected chi connectivity index (χ0v) is 13.6. The molecule has 114 valence electrons. The zero-order valence-electron chi connectivity index (χ0n) is 13.6. The largest absolute Gasteiger partial charge is 0.394 e. The van der Waals surface area contributed by atoms with Gasteiger partial charge in [-0.05, 0) is 58.5 Å². The van der Waals surface area contributed by atoms with Crippen molar-refractivity contribution in [3.63, 3.8) is 0 Å². The van der Waals surface area contributed by atoms with Crippen LogP contribution in [0.15, 0.2) is 0 Å². The molecule has 1 fully saturated rings. The van der Waals surface area contributed by atoms with E-state index in [9.17, 15) is 5.11 Å². The quantitative estimate of drug-likeness (QED) is 0.746. The standard InChI is InChI=1S/C16H34N2O/c1-6-10-17-16(12-19)9-7-8-15(11-16)18(5)14(4)13(2)3/h13-15,17,19H,6-12H2,1-5H3. The van der Waals surface area contributed by atoms with E-state index in [-0.39, 0.29) is 12.1 Å². The van der Waals surface area contributed by atoms with Crippen molar-refractivity contribution in [2.24, 2.45) is 5.92 Å². The second kappa shape index (κ2) is 7.61. The minimum atomic E-state index is -0.0378. The maximum atomic E-state index is 9.83. The number of hydrogen-bond acceptors (Lipinski definition) is 3. The van der Waals surface area contributed by atoms with Gasteiger partial charge in [0.05, 0.1) is 6.61 Å². The first-order chi connectivity index (χ1) is 8.95. The van der Waals surface area contributed by atoms with Crippen LogP contribution in [0.2, 0.25) is 0 Å². The molecule has 0 bridgehead atoms. The normalized spacial score (nSPS) is 30.0. The van der Waals surface area contributed by atoms with Gasteiger partial charge in [0, 0.05) is 17.6 Å². The molecule has 0 aromatic rings. The summed E-state index contributed by atoms with van der Waals surface area (Å²) in [5, 5.41) is 13.4. The Morgan fingerprint density at radius 2 is 2.05 bits per heavy atom. The molecule has 0 aliphatic heterocycles. The lowest BCUT2D eigenvalue weighted by atomic mass is 9.78. The van der Waals surface area contributed by atoms with Gasteiger partial charge in [-0.2, -0.15) is 0 Å². The first-order valence-corrected chi connectivity index (χ1v) is 8.03. The van der Waals surface area contributed by atoms with Gasteiger partial charge in [0.25, 0.3) is 0 Å². The molecule has 0 spiro atoms. The summed E-state index contributed by atoms with van der Waals surface area (Å²) in [6.45, 7) is 10.4. The molecule has 0 saturated heterocycles. The molecule has 3 heteroatoms. The van der Waals surface area contributed by atoms with Gasteiger partial charge in [-0.1, -0.05) is 20.8 Å². The molecule has 19 heavy (non-hydrogen) atoms. The maximum absolute atomic E-state index is 9.83. The van der Waals surface area contributed by atoms with Crippen LogP contribution in [0.3, 0.4) is 0 Å². The second-order valence-corrected chi connectivity index (χ2v) is 6.77. The third-order valence-electron chi connectivity index (χ3n) is 5.05. The molecule has 1 saturated carbocycles. The van der Waals surface area contributed by atoms with E-state index in [1.165, 1.54) is 12.8 Å². The zero-order chi connectivity index (χ0) is 14.5. The third kappa shape index (κ3) is 4.44. The molecule has 0 heterocycles. The summed E-state index contributed by atoms with van der Waals surface area (Å²) in [7, 11) is 2.25. The van der Waals surface area contributed by atoms with E-state index in [0.29, 0.717) is 18.0 Å². The van der Waals surface area contributed by atoms with Gasteiger partial charge in [0.15, 0.2) is 0 Å². The van der Waals surface area contributed by atoms with Crippen molar-refractivity contribution in [1.82, 2.24) is 10.2 Å². The number of nitrogens with one attached hydrogen (secondary N) is 1. The van der Waals surface area contributed by atoms with Crippen molar-refractivity contribution in [1.29, 1.82) is 0 Å². The Bertz CT molecular complexity index is 257. The average molecular weight is 270 g/mol. The smallest absolute Gasteiger partial charge is 0.0613 e. The molecule has 0 aromatic heterocycles. The van der Waals surface area contributed by atoms with Crippen LogP contribution in [0.4, 0.5) is 0 Å². The fourth-order valence-electron chi connectivity index (χ4n) is 3.23. The summed E-state index contributed by atoms with van der Waals surface area (Å²) in [4.78, 5) is 2.53. The van der Waals surface area contributed by atoms with Gasteiger partial charge in [0.2, 0.25) is 0 Å². The molecule has 0 amide bonds. The summed E-state index contributed by atoms with van der Waals surface area (Å²) in [5.74, 6) is 0.680. The highest BCUT2D eigenvalue weighted by molar-refractivity contribution is 4.96. The van der Waals surface area contributed by atoms with E-state index in [1.54, 1.807) is 0 Å². The second-order valence-electron chi connectivity index (χ2n) is 6.77. The molecule has 1 aliphatic rings. The summed E-state index contributed by atoms with van der Waals surface area (Å²) in [6, 6.07) is 1.20. The van der Waals surface area contributed by atoms with E-state index in [4.69, 9.17) is 0 Å². The van der Waals surface area contributed by atoms with Crippen molar-refractivity contribution in [2.45, 2.75) is 77.4 Å². The van der Waals surface area contributed by atoms with Crippen molar-refractivity contribution >= 4 is 0 Å². The molecule has 1 aliphatic carbocycles. The molecule has 3 unspecified atom stereocenters. The van der Waals surface area contributed by atoms with E-state index in [0.717, 1.165) is 25.8 Å². The monoisotopic (exact) mass is 270 g/mol. The topological polar surface area (TPSA) is 35.5 Å². The van der Waals surface area contributed by atoms with Crippen LogP contribution in [-0.2, 0) is 0 Å². The van der Waals surface area contributed by atoms with Gasteiger partial charge >= 0.3 is 0 Å². The fourth-order valence-corrected chi connectivity index (χ4v) is 3.23. The van der Waals surface area contributed by atoms with Crippen LogP contribution in [-0.4, -0.2) is 47.8 Å². The Morgan fingerprint density at radius 1 is 1.37 bits per heavy atom.